The molecule has 0 unspecified atom stereocenters. The number of quaternary nitrogens is 2. The highest BCUT2D eigenvalue weighted by atomic mass is 16.4. The molecule has 0 aromatic rings. The molecule has 0 aliphatic rings. The van der Waals surface area contributed by atoms with E-state index in [2.05, 4.69) is 0 Å². The highest BCUT2D eigenvalue weighted by Crippen LogP contribution is 2.41. The largest absolute Gasteiger partial charge is 0.539 e. The molecule has 0 rings (SSSR count). The summed E-state index contributed by atoms with van der Waals surface area (Å²) in [6, 6.07) is 0. The van der Waals surface area contributed by atoms with Crippen molar-refractivity contribution in [1.29, 1.82) is 0 Å². The third kappa shape index (κ3) is 7.42. The van der Waals surface area contributed by atoms with Gasteiger partial charge in [0.2, 0.25) is 0 Å². The van der Waals surface area contributed by atoms with E-state index < -0.39 is 17.6 Å². The van der Waals surface area contributed by atoms with Gasteiger partial charge in [0.25, 0.3) is 0 Å². The van der Waals surface area contributed by atoms with Crippen molar-refractivity contribution in [3.8, 4) is 0 Å². The van der Waals surface area contributed by atoms with E-state index in [9.17, 15) is 19.8 Å². The Hall–Kier alpha value is -1.14. The maximum atomic E-state index is 13.5. The van der Waals surface area contributed by atoms with Crippen LogP contribution in [-0.2, 0) is 9.59 Å². The van der Waals surface area contributed by atoms with Gasteiger partial charge in [-0.3, -0.25) is 8.97 Å². The molecule has 0 spiro atoms. The number of hydrogen-bond donors (Lipinski definition) is 0. The highest BCUT2D eigenvalue weighted by Gasteiger charge is 2.68. The van der Waals surface area contributed by atoms with Gasteiger partial charge in [-0.05, 0) is 0 Å². The predicted octanol–water partition coefficient (Wildman–Crippen LogP) is 2.75. The van der Waals surface area contributed by atoms with E-state index in [0.717, 1.165) is 0 Å². The lowest BCUT2D eigenvalue weighted by molar-refractivity contribution is -1.15. The molecule has 0 aliphatic heterocycles. The second kappa shape index (κ2) is 12.5. The zero-order valence-corrected chi connectivity index (χ0v) is 23.7. The monoisotopic (exact) mass is 470 g/mol. The summed E-state index contributed by atoms with van der Waals surface area (Å²) in [6.07, 6.45) is 0. The number of aliphatic carboxylic acids is 2. The standard InChI is InChI=1S/C27H54N2O4/c1-19(2)13-28(14-20(3)4,15-21(5)6)27(25(30)31,26(32)33)29(16-22(7)8,17-23(9)10)18-24(11)12/h19-24H,13-18H2,1-12H3. The number of carboxylic acid groups (broad SMARTS) is 2. The summed E-state index contributed by atoms with van der Waals surface area (Å²) >= 11 is 0. The van der Waals surface area contributed by atoms with Crippen LogP contribution in [0.25, 0.3) is 0 Å². The van der Waals surface area contributed by atoms with Crippen molar-refractivity contribution in [2.45, 2.75) is 88.7 Å². The molecule has 0 saturated heterocycles. The van der Waals surface area contributed by atoms with E-state index in [4.69, 9.17) is 0 Å². The van der Waals surface area contributed by atoms with Crippen molar-refractivity contribution in [2.24, 2.45) is 35.5 Å². The minimum atomic E-state index is -2.20. The number of rotatable bonds is 16. The molecule has 6 nitrogen and oxygen atoms in total. The van der Waals surface area contributed by atoms with Crippen molar-refractivity contribution >= 4 is 11.9 Å². The Morgan fingerprint density at radius 2 is 0.636 bits per heavy atom. The summed E-state index contributed by atoms with van der Waals surface area (Å²) in [4.78, 5) is 27.0. The Morgan fingerprint density at radius 3 is 0.727 bits per heavy atom. The zero-order valence-electron chi connectivity index (χ0n) is 23.7. The van der Waals surface area contributed by atoms with Crippen molar-refractivity contribution < 1.29 is 28.8 Å². The fourth-order valence-electron chi connectivity index (χ4n) is 6.74. The molecule has 6 heteroatoms. The Kier molecular flexibility index (Phi) is 12.1. The molecule has 196 valence electrons. The molecule has 0 atom stereocenters. The van der Waals surface area contributed by atoms with E-state index >= 15 is 0 Å². The molecular weight excluding hydrogens is 416 g/mol. The molecule has 0 bridgehead atoms. The van der Waals surface area contributed by atoms with Gasteiger partial charge >= 0.3 is 5.66 Å². The first-order valence-electron chi connectivity index (χ1n) is 13.0. The van der Waals surface area contributed by atoms with Gasteiger partial charge in [-0.1, -0.05) is 83.1 Å². The van der Waals surface area contributed by atoms with Crippen LogP contribution in [0.3, 0.4) is 0 Å². The van der Waals surface area contributed by atoms with Gasteiger partial charge in [-0.25, -0.2) is 0 Å². The maximum absolute atomic E-state index is 13.5. The van der Waals surface area contributed by atoms with Crippen LogP contribution in [0.5, 0.6) is 0 Å². The molecule has 0 aromatic carbocycles. The number of carbonyl (C=O) groups is 2. The molecule has 0 heterocycles. The molecule has 0 N–H and O–H groups in total. The topological polar surface area (TPSA) is 80.3 Å². The third-order valence-electron chi connectivity index (χ3n) is 6.23. The lowest BCUT2D eigenvalue weighted by atomic mass is 9.87. The first-order valence-corrected chi connectivity index (χ1v) is 13.0. The molecule has 0 amide bonds. The SMILES string of the molecule is CC(C)C[N+](CC(C)C)(CC(C)C)C(C(=O)[O-])(C(=O)[O-])[N+](CC(C)C)(CC(C)C)CC(C)C. The Balaban J connectivity index is 7.91. The van der Waals surface area contributed by atoms with Crippen LogP contribution in [0, 0.1) is 35.5 Å². The Labute approximate surface area is 204 Å². The maximum Gasteiger partial charge on any atom is 0.308 e. The average molecular weight is 471 g/mol. The predicted molar refractivity (Wildman–Crippen MR) is 131 cm³/mol. The van der Waals surface area contributed by atoms with E-state index in [1.165, 1.54) is 0 Å². The lowest BCUT2D eigenvalue weighted by Crippen LogP contribution is -2.91. The van der Waals surface area contributed by atoms with Crippen LogP contribution in [0.1, 0.15) is 83.1 Å². The summed E-state index contributed by atoms with van der Waals surface area (Å²) in [5, 5.41) is 27.0. The minimum Gasteiger partial charge on any atom is -0.539 e. The van der Waals surface area contributed by atoms with Gasteiger partial charge in [0.15, 0.2) is 11.9 Å². The van der Waals surface area contributed by atoms with Crippen LogP contribution in [0.15, 0.2) is 0 Å². The van der Waals surface area contributed by atoms with E-state index in [1.807, 2.05) is 83.1 Å². The van der Waals surface area contributed by atoms with Crippen LogP contribution < -0.4 is 10.2 Å². The molecule has 0 aliphatic carbocycles. The third-order valence-corrected chi connectivity index (χ3v) is 6.23. The van der Waals surface area contributed by atoms with Gasteiger partial charge in [0, 0.05) is 35.5 Å². The Morgan fingerprint density at radius 1 is 0.485 bits per heavy atom. The molecule has 0 radical (unpaired) electrons. The minimum absolute atomic E-state index is 0.0448. The van der Waals surface area contributed by atoms with E-state index in [1.54, 1.807) is 0 Å². The number of carbonyl (C=O) groups excluding carboxylic acids is 2. The van der Waals surface area contributed by atoms with Crippen molar-refractivity contribution in [1.82, 2.24) is 0 Å². The van der Waals surface area contributed by atoms with Gasteiger partial charge in [0.05, 0.1) is 39.3 Å². The van der Waals surface area contributed by atoms with E-state index in [-0.39, 0.29) is 44.5 Å². The van der Waals surface area contributed by atoms with Crippen LogP contribution in [0.4, 0.5) is 0 Å². The normalized spacial score (nSPS) is 13.9. The molecular formula is C27H54N2O4. The quantitative estimate of drug-likeness (QED) is 0.197. The molecule has 0 fully saturated rings. The van der Waals surface area contributed by atoms with Gasteiger partial charge in [-0.15, -0.1) is 0 Å². The lowest BCUT2D eigenvalue weighted by Gasteiger charge is -2.64. The van der Waals surface area contributed by atoms with E-state index in [0.29, 0.717) is 39.3 Å². The summed E-state index contributed by atoms with van der Waals surface area (Å²) in [7, 11) is 0. The number of nitrogens with zero attached hydrogens (tertiary/aromatic N) is 2. The smallest absolute Gasteiger partial charge is 0.308 e. The van der Waals surface area contributed by atoms with Crippen molar-refractivity contribution in [3.05, 3.63) is 0 Å². The van der Waals surface area contributed by atoms with Crippen molar-refractivity contribution in [3.63, 3.8) is 0 Å². The summed E-state index contributed by atoms with van der Waals surface area (Å²) in [5.74, 6) is -2.32. The summed E-state index contributed by atoms with van der Waals surface area (Å²) < 4.78 is -0.0896. The second-order valence-electron chi connectivity index (χ2n) is 13.0. The zero-order chi connectivity index (χ0) is 26.4. The fourth-order valence-corrected chi connectivity index (χ4v) is 6.74. The summed E-state index contributed by atoms with van der Waals surface area (Å²) in [5.41, 5.74) is -2.20. The first kappa shape index (κ1) is 31.9. The Bertz CT molecular complexity index is 517. The van der Waals surface area contributed by atoms with Crippen molar-refractivity contribution in [2.75, 3.05) is 39.3 Å². The van der Waals surface area contributed by atoms with Gasteiger partial charge in [-0.2, -0.15) is 0 Å². The van der Waals surface area contributed by atoms with Crippen LogP contribution in [0.2, 0.25) is 0 Å². The van der Waals surface area contributed by atoms with Gasteiger partial charge in [0.1, 0.15) is 0 Å². The van der Waals surface area contributed by atoms with Crippen LogP contribution in [-0.4, -0.2) is 65.8 Å². The highest BCUT2D eigenvalue weighted by molar-refractivity contribution is 5.97. The second-order valence-corrected chi connectivity index (χ2v) is 13.0. The number of carboxylic acids is 2. The average Bonchev–Trinajstić information content (AvgIpc) is 2.49. The molecule has 33 heavy (non-hydrogen) atoms. The van der Waals surface area contributed by atoms with Gasteiger partial charge < -0.3 is 19.8 Å². The van der Waals surface area contributed by atoms with Crippen LogP contribution >= 0.6 is 0 Å². The molecule has 0 saturated carbocycles. The molecule has 0 aromatic heterocycles. The first-order chi connectivity index (χ1) is 14.9. The fraction of sp³-hybridized carbons (Fsp3) is 0.926. The number of hydrogen-bond acceptors (Lipinski definition) is 4. The summed E-state index contributed by atoms with van der Waals surface area (Å²) in [6.45, 7) is 27.3.